The summed E-state index contributed by atoms with van der Waals surface area (Å²) < 4.78 is 0.998. The van der Waals surface area contributed by atoms with E-state index in [1.165, 1.54) is 27.8 Å². The van der Waals surface area contributed by atoms with E-state index in [-0.39, 0.29) is 0 Å². The number of rotatable bonds is 10. The van der Waals surface area contributed by atoms with Crippen LogP contribution in [0.4, 0.5) is 0 Å². The Labute approximate surface area is 400 Å². The molecular weight excluding hydrogens is 879 g/mol. The summed E-state index contributed by atoms with van der Waals surface area (Å²) in [6.45, 7) is 0. The summed E-state index contributed by atoms with van der Waals surface area (Å²) in [7, 11) is 0. The first-order valence-electron chi connectivity index (χ1n) is 22.4. The van der Waals surface area contributed by atoms with Crippen LogP contribution in [-0.4, -0.2) is 15.0 Å². The molecule has 0 aliphatic heterocycles. The lowest BCUT2D eigenvalue weighted by Crippen LogP contribution is -2.02. The molecule has 0 fully saturated rings. The Morgan fingerprint density at radius 3 is 0.985 bits per heavy atom. The first kappa shape index (κ1) is 41.4. The van der Waals surface area contributed by atoms with Crippen molar-refractivity contribution in [3.8, 4) is 112 Å². The molecule has 11 aromatic rings. The standard InChI is InChI=1S/C63H42BrN3/c64-53-36-35-48(51-41-56(54-33-16-18-37-65-54)67-57(42-51)55-34-17-19-38-66-55)40-52(53)49-31-20-32-50(39-49)63-61(46-27-12-4-13-28-46)59(44-23-8-2-9-24-44)58(43-21-6-1-7-22-43)60(45-25-10-3-11-26-45)62(63)47-29-14-5-15-30-47/h1-42H. The molecule has 0 bridgehead atoms. The molecule has 0 N–H and O–H groups in total. The molecule has 0 atom stereocenters. The van der Waals surface area contributed by atoms with E-state index in [1.54, 1.807) is 0 Å². The minimum Gasteiger partial charge on any atom is -0.255 e. The van der Waals surface area contributed by atoms with Crippen LogP contribution in [-0.2, 0) is 0 Å². The predicted octanol–water partition coefficient (Wildman–Crippen LogP) is 17.3. The van der Waals surface area contributed by atoms with E-state index in [1.807, 2.05) is 48.8 Å². The number of benzene rings is 8. The first-order valence-corrected chi connectivity index (χ1v) is 23.2. The highest BCUT2D eigenvalue weighted by molar-refractivity contribution is 9.10. The highest BCUT2D eigenvalue weighted by Crippen LogP contribution is 2.56. The van der Waals surface area contributed by atoms with Gasteiger partial charge in [0.25, 0.3) is 0 Å². The second-order valence-electron chi connectivity index (χ2n) is 16.4. The van der Waals surface area contributed by atoms with E-state index in [2.05, 4.69) is 232 Å². The topological polar surface area (TPSA) is 38.7 Å². The normalized spacial score (nSPS) is 11.1. The van der Waals surface area contributed by atoms with Gasteiger partial charge in [0.2, 0.25) is 0 Å². The number of pyridine rings is 3. The highest BCUT2D eigenvalue weighted by atomic mass is 79.9. The number of hydrogen-bond donors (Lipinski definition) is 0. The van der Waals surface area contributed by atoms with Gasteiger partial charge in [-0.2, -0.15) is 0 Å². The van der Waals surface area contributed by atoms with Crippen LogP contribution in [0.2, 0.25) is 0 Å². The van der Waals surface area contributed by atoms with Crippen LogP contribution in [0.5, 0.6) is 0 Å². The van der Waals surface area contributed by atoms with Gasteiger partial charge in [-0.25, -0.2) is 4.98 Å². The van der Waals surface area contributed by atoms with Crippen LogP contribution in [0.15, 0.2) is 260 Å². The minimum absolute atomic E-state index is 0.787. The van der Waals surface area contributed by atoms with Gasteiger partial charge in [0.05, 0.1) is 22.8 Å². The Morgan fingerprint density at radius 1 is 0.239 bits per heavy atom. The zero-order valence-corrected chi connectivity index (χ0v) is 38.1. The van der Waals surface area contributed by atoms with Gasteiger partial charge in [0.1, 0.15) is 0 Å². The average Bonchev–Trinajstić information content (AvgIpc) is 3.42. The van der Waals surface area contributed by atoms with Crippen molar-refractivity contribution < 1.29 is 0 Å². The lowest BCUT2D eigenvalue weighted by atomic mass is 9.74. The molecule has 3 aromatic heterocycles. The monoisotopic (exact) mass is 919 g/mol. The van der Waals surface area contributed by atoms with Gasteiger partial charge >= 0.3 is 0 Å². The summed E-state index contributed by atoms with van der Waals surface area (Å²) >= 11 is 4.01. The van der Waals surface area contributed by atoms with Gasteiger partial charge in [0.15, 0.2) is 0 Å². The van der Waals surface area contributed by atoms with E-state index in [0.717, 1.165) is 88.4 Å². The Bertz CT molecular complexity index is 3310. The largest absolute Gasteiger partial charge is 0.255 e. The highest BCUT2D eigenvalue weighted by Gasteiger charge is 2.29. The first-order chi connectivity index (χ1) is 33.2. The molecule has 3 heterocycles. The summed E-state index contributed by atoms with van der Waals surface area (Å²) in [6.07, 6.45) is 3.62. The van der Waals surface area contributed by atoms with Gasteiger partial charge in [-0.15, -0.1) is 0 Å². The van der Waals surface area contributed by atoms with Gasteiger partial charge in [0, 0.05) is 16.9 Å². The van der Waals surface area contributed by atoms with Crippen molar-refractivity contribution in [1.82, 2.24) is 15.0 Å². The Kier molecular flexibility index (Phi) is 11.5. The van der Waals surface area contributed by atoms with E-state index in [0.29, 0.717) is 0 Å². The van der Waals surface area contributed by atoms with Gasteiger partial charge in [-0.3, -0.25) is 9.97 Å². The van der Waals surface area contributed by atoms with Crippen LogP contribution in [0, 0.1) is 0 Å². The van der Waals surface area contributed by atoms with Crippen LogP contribution in [0.1, 0.15) is 0 Å². The van der Waals surface area contributed by atoms with Crippen LogP contribution < -0.4 is 0 Å². The minimum atomic E-state index is 0.787. The molecule has 0 aliphatic rings. The summed E-state index contributed by atoms with van der Waals surface area (Å²) in [4.78, 5) is 14.4. The fraction of sp³-hybridized carbons (Fsp3) is 0. The van der Waals surface area contributed by atoms with Crippen molar-refractivity contribution in [3.05, 3.63) is 260 Å². The molecular formula is C63H42BrN3. The maximum Gasteiger partial charge on any atom is 0.0900 e. The smallest absolute Gasteiger partial charge is 0.0900 e. The van der Waals surface area contributed by atoms with Crippen molar-refractivity contribution in [2.24, 2.45) is 0 Å². The molecule has 67 heavy (non-hydrogen) atoms. The van der Waals surface area contributed by atoms with Crippen molar-refractivity contribution in [2.75, 3.05) is 0 Å². The SMILES string of the molecule is Brc1ccc(-c2cc(-c3ccccn3)nc(-c3ccccn3)c2)cc1-c1cccc(-c2c(-c3ccccc3)c(-c3ccccc3)c(-c3ccccc3)c(-c3ccccc3)c2-c2ccccc2)c1. The zero-order chi connectivity index (χ0) is 44.9. The second-order valence-corrected chi connectivity index (χ2v) is 17.3. The number of aromatic nitrogens is 3. The fourth-order valence-corrected chi connectivity index (χ4v) is 9.74. The molecule has 0 saturated carbocycles. The van der Waals surface area contributed by atoms with Crippen LogP contribution in [0.25, 0.3) is 112 Å². The molecule has 0 aliphatic carbocycles. The molecule has 3 nitrogen and oxygen atoms in total. The Balaban J connectivity index is 1.21. The van der Waals surface area contributed by atoms with E-state index in [9.17, 15) is 0 Å². The molecule has 8 aromatic carbocycles. The van der Waals surface area contributed by atoms with Gasteiger partial charge in [-0.05, 0) is 144 Å². The third-order valence-corrected chi connectivity index (χ3v) is 12.9. The molecule has 0 unspecified atom stereocenters. The fourth-order valence-electron chi connectivity index (χ4n) is 9.26. The molecule has 0 saturated heterocycles. The summed E-state index contributed by atoms with van der Waals surface area (Å²) in [5.41, 5.74) is 21.4. The van der Waals surface area contributed by atoms with Crippen LogP contribution in [0.3, 0.4) is 0 Å². The third-order valence-electron chi connectivity index (χ3n) is 12.3. The quantitative estimate of drug-likeness (QED) is 0.137. The molecule has 316 valence electrons. The van der Waals surface area contributed by atoms with Crippen molar-refractivity contribution >= 4 is 15.9 Å². The van der Waals surface area contributed by atoms with Gasteiger partial charge < -0.3 is 0 Å². The maximum atomic E-state index is 5.06. The maximum absolute atomic E-state index is 5.06. The van der Waals surface area contributed by atoms with Crippen molar-refractivity contribution in [1.29, 1.82) is 0 Å². The molecule has 0 amide bonds. The van der Waals surface area contributed by atoms with Crippen molar-refractivity contribution in [3.63, 3.8) is 0 Å². The average molecular weight is 921 g/mol. The van der Waals surface area contributed by atoms with E-state index >= 15 is 0 Å². The Morgan fingerprint density at radius 2 is 0.597 bits per heavy atom. The summed E-state index contributed by atoms with van der Waals surface area (Å²) in [5.74, 6) is 0. The second kappa shape index (κ2) is 18.7. The number of halogens is 1. The van der Waals surface area contributed by atoms with Crippen molar-refractivity contribution in [2.45, 2.75) is 0 Å². The van der Waals surface area contributed by atoms with E-state index < -0.39 is 0 Å². The van der Waals surface area contributed by atoms with E-state index in [4.69, 9.17) is 4.98 Å². The molecule has 11 rings (SSSR count). The zero-order valence-electron chi connectivity index (χ0n) is 36.5. The Hall–Kier alpha value is -8.31. The number of nitrogens with zero attached hydrogens (tertiary/aromatic N) is 3. The summed E-state index contributed by atoms with van der Waals surface area (Å²) in [6, 6.07) is 86.4. The lowest BCUT2D eigenvalue weighted by Gasteiger charge is -2.29. The summed E-state index contributed by atoms with van der Waals surface area (Å²) in [5, 5.41) is 0. The number of hydrogen-bond acceptors (Lipinski definition) is 3. The molecule has 0 radical (unpaired) electrons. The molecule has 4 heteroatoms. The lowest BCUT2D eigenvalue weighted by molar-refractivity contribution is 1.22. The van der Waals surface area contributed by atoms with Gasteiger partial charge in [-0.1, -0.05) is 204 Å². The molecule has 0 spiro atoms. The predicted molar refractivity (Wildman–Crippen MR) is 282 cm³/mol. The third kappa shape index (κ3) is 8.31. The van der Waals surface area contributed by atoms with Crippen LogP contribution >= 0.6 is 15.9 Å².